The van der Waals surface area contributed by atoms with Crippen LogP contribution in [0.3, 0.4) is 0 Å². The Hall–Kier alpha value is -3.06. The lowest BCUT2D eigenvalue weighted by Crippen LogP contribution is -2.58. The molecule has 230 valence electrons. The van der Waals surface area contributed by atoms with Gasteiger partial charge >= 0.3 is 12.3 Å². The fraction of sp³-hybridized carbons (Fsp3) is 0.679. The number of rotatable bonds is 7. The molecule has 2 aliphatic heterocycles. The number of methoxy groups -OCH3 is 1. The lowest BCUT2D eigenvalue weighted by Gasteiger charge is -2.43. The number of carbonyl (C=O) groups excluding carboxylic acids is 3. The smallest absolute Gasteiger partial charge is 0.417 e. The van der Waals surface area contributed by atoms with Gasteiger partial charge in [-0.3, -0.25) is 9.59 Å². The van der Waals surface area contributed by atoms with Crippen molar-refractivity contribution < 1.29 is 41.8 Å². The molecule has 1 unspecified atom stereocenters. The highest BCUT2D eigenvalue weighted by atomic mass is 19.4. The fourth-order valence-corrected chi connectivity index (χ4v) is 5.31. The van der Waals surface area contributed by atoms with Crippen LogP contribution in [0.4, 0.5) is 23.7 Å². The molecule has 0 spiro atoms. The maximum Gasteiger partial charge on any atom is 0.417 e. The zero-order valence-corrected chi connectivity index (χ0v) is 24.8. The number of halogens is 3. The van der Waals surface area contributed by atoms with Crippen LogP contribution in [-0.4, -0.2) is 90.9 Å². The molecule has 2 aliphatic rings. The number of hydrogen-bond donors (Lipinski definition) is 1. The summed E-state index contributed by atoms with van der Waals surface area (Å²) in [6.07, 6.45) is -4.41. The number of piperidine rings is 1. The van der Waals surface area contributed by atoms with Gasteiger partial charge < -0.3 is 34.6 Å². The SMILES string of the molecule is COCC1(C)Oc2cc(C(F)(F)F)c(C(=O)N(C(C)C)[C@@H]3CCCN(C(=O)OC(C)(C)C)C3)cc2N(CCN)C1=O. The molecule has 0 aliphatic carbocycles. The van der Waals surface area contributed by atoms with Gasteiger partial charge in [0.25, 0.3) is 11.8 Å². The van der Waals surface area contributed by atoms with E-state index in [-0.39, 0.29) is 37.7 Å². The molecule has 2 atom stereocenters. The van der Waals surface area contributed by atoms with E-state index in [4.69, 9.17) is 19.9 Å². The van der Waals surface area contributed by atoms with E-state index in [1.807, 2.05) is 0 Å². The number of ether oxygens (including phenoxy) is 3. The summed E-state index contributed by atoms with van der Waals surface area (Å²) in [7, 11) is 1.35. The second-order valence-corrected chi connectivity index (χ2v) is 11.9. The minimum atomic E-state index is -4.90. The lowest BCUT2D eigenvalue weighted by molar-refractivity contribution is -0.139. The van der Waals surface area contributed by atoms with Gasteiger partial charge in [0, 0.05) is 39.3 Å². The molecule has 1 aromatic carbocycles. The van der Waals surface area contributed by atoms with Crippen LogP contribution >= 0.6 is 0 Å². The van der Waals surface area contributed by atoms with Gasteiger partial charge in [-0.25, -0.2) is 4.79 Å². The molecule has 1 aromatic rings. The Bertz CT molecular complexity index is 1150. The van der Waals surface area contributed by atoms with E-state index >= 15 is 0 Å². The number of fused-ring (bicyclic) bond motifs is 1. The number of amides is 3. The van der Waals surface area contributed by atoms with E-state index in [9.17, 15) is 27.6 Å². The summed E-state index contributed by atoms with van der Waals surface area (Å²) < 4.78 is 59.7. The van der Waals surface area contributed by atoms with Crippen LogP contribution in [0.2, 0.25) is 0 Å². The predicted octanol–water partition coefficient (Wildman–Crippen LogP) is 4.04. The molecule has 1 fully saturated rings. The second kappa shape index (κ2) is 12.0. The Morgan fingerprint density at radius 1 is 1.24 bits per heavy atom. The monoisotopic (exact) mass is 586 g/mol. The van der Waals surface area contributed by atoms with Crippen molar-refractivity contribution in [1.29, 1.82) is 0 Å². The Labute approximate surface area is 238 Å². The van der Waals surface area contributed by atoms with Crippen molar-refractivity contribution in [1.82, 2.24) is 9.80 Å². The molecule has 41 heavy (non-hydrogen) atoms. The number of benzene rings is 1. The van der Waals surface area contributed by atoms with E-state index < -0.39 is 58.5 Å². The first-order valence-corrected chi connectivity index (χ1v) is 13.7. The van der Waals surface area contributed by atoms with Crippen molar-refractivity contribution in [3.63, 3.8) is 0 Å². The topological polar surface area (TPSA) is 115 Å². The number of alkyl halides is 3. The van der Waals surface area contributed by atoms with E-state index in [0.717, 1.165) is 12.1 Å². The molecular weight excluding hydrogens is 545 g/mol. The first-order valence-electron chi connectivity index (χ1n) is 13.7. The average molecular weight is 587 g/mol. The molecule has 10 nitrogen and oxygen atoms in total. The Balaban J connectivity index is 2.08. The average Bonchev–Trinajstić information content (AvgIpc) is 2.85. The third-order valence-electron chi connectivity index (χ3n) is 6.96. The van der Waals surface area contributed by atoms with Crippen LogP contribution in [0.5, 0.6) is 5.75 Å². The van der Waals surface area contributed by atoms with Crippen molar-refractivity contribution >= 4 is 23.6 Å². The van der Waals surface area contributed by atoms with Crippen LogP contribution in [0, 0.1) is 0 Å². The summed E-state index contributed by atoms with van der Waals surface area (Å²) in [6, 6.07) is 0.776. The lowest BCUT2D eigenvalue weighted by atomic mass is 9.96. The zero-order valence-electron chi connectivity index (χ0n) is 24.8. The van der Waals surface area contributed by atoms with Crippen LogP contribution in [0.15, 0.2) is 12.1 Å². The number of carbonyl (C=O) groups is 3. The minimum absolute atomic E-state index is 0.00510. The van der Waals surface area contributed by atoms with Crippen molar-refractivity contribution in [2.45, 2.75) is 83.8 Å². The highest BCUT2D eigenvalue weighted by Crippen LogP contribution is 2.44. The van der Waals surface area contributed by atoms with Crippen molar-refractivity contribution in [2.24, 2.45) is 5.73 Å². The fourth-order valence-electron chi connectivity index (χ4n) is 5.31. The molecule has 0 radical (unpaired) electrons. The van der Waals surface area contributed by atoms with E-state index in [1.54, 1.807) is 34.6 Å². The Morgan fingerprint density at radius 2 is 1.90 bits per heavy atom. The summed E-state index contributed by atoms with van der Waals surface area (Å²) in [4.78, 5) is 44.2. The predicted molar refractivity (Wildman–Crippen MR) is 146 cm³/mol. The molecule has 13 heteroatoms. The molecule has 2 N–H and O–H groups in total. The van der Waals surface area contributed by atoms with Gasteiger partial charge in [-0.1, -0.05) is 0 Å². The maximum absolute atomic E-state index is 14.5. The molecular formula is C28H41F3N4O6. The summed E-state index contributed by atoms with van der Waals surface area (Å²) in [5.41, 5.74) is 1.65. The number of likely N-dealkylation sites (tertiary alicyclic amines) is 1. The number of nitrogens with two attached hydrogens (primary N) is 1. The zero-order chi connectivity index (χ0) is 30.9. The minimum Gasteiger partial charge on any atom is -0.473 e. The molecule has 0 saturated carbocycles. The number of hydrogen-bond acceptors (Lipinski definition) is 7. The number of nitrogens with zero attached hydrogens (tertiary/aromatic N) is 3. The highest BCUT2D eigenvalue weighted by Gasteiger charge is 2.47. The summed E-state index contributed by atoms with van der Waals surface area (Å²) in [6.45, 7) is 10.4. The first kappa shape index (κ1) is 32.5. The maximum atomic E-state index is 14.5. The standard InChI is InChI=1S/C28H41F3N4O6/c1-17(2)35(18-9-8-11-33(15-18)25(38)41-26(3,4)5)23(36)19-13-21-22(14-20(19)28(29,30)31)40-27(6,16-39-7)24(37)34(21)12-10-32/h13-14,17-18H,8-12,15-16,32H2,1-7H3/t18-,27?/m1/s1. The van der Waals surface area contributed by atoms with Crippen LogP contribution < -0.4 is 15.4 Å². The van der Waals surface area contributed by atoms with Gasteiger partial charge in [0.1, 0.15) is 11.4 Å². The normalized spacial score (nSPS) is 21.5. The Kier molecular flexibility index (Phi) is 9.53. The summed E-state index contributed by atoms with van der Waals surface area (Å²) >= 11 is 0. The quantitative estimate of drug-likeness (QED) is 0.513. The summed E-state index contributed by atoms with van der Waals surface area (Å²) in [5, 5.41) is 0. The molecule has 2 heterocycles. The largest absolute Gasteiger partial charge is 0.473 e. The molecule has 1 saturated heterocycles. The van der Waals surface area contributed by atoms with Gasteiger partial charge in [-0.05, 0) is 66.5 Å². The molecule has 3 rings (SSSR count). The van der Waals surface area contributed by atoms with E-state index in [2.05, 4.69) is 0 Å². The molecule has 0 aromatic heterocycles. The van der Waals surface area contributed by atoms with Gasteiger partial charge in [0.05, 0.1) is 29.5 Å². The van der Waals surface area contributed by atoms with Crippen LogP contribution in [-0.2, 0) is 20.4 Å². The van der Waals surface area contributed by atoms with Gasteiger partial charge in [0.2, 0.25) is 5.60 Å². The van der Waals surface area contributed by atoms with Gasteiger partial charge in [-0.15, -0.1) is 0 Å². The van der Waals surface area contributed by atoms with Crippen LogP contribution in [0.1, 0.15) is 70.3 Å². The Morgan fingerprint density at radius 3 is 2.44 bits per heavy atom. The first-order chi connectivity index (χ1) is 18.9. The second-order valence-electron chi connectivity index (χ2n) is 11.9. The van der Waals surface area contributed by atoms with Crippen molar-refractivity contribution in [3.05, 3.63) is 23.3 Å². The van der Waals surface area contributed by atoms with Crippen LogP contribution in [0.25, 0.3) is 0 Å². The third-order valence-corrected chi connectivity index (χ3v) is 6.96. The summed E-state index contributed by atoms with van der Waals surface area (Å²) in [5.74, 6) is -1.61. The third kappa shape index (κ3) is 7.06. The van der Waals surface area contributed by atoms with Gasteiger partial charge in [-0.2, -0.15) is 13.2 Å². The molecule has 0 bridgehead atoms. The van der Waals surface area contributed by atoms with Crippen molar-refractivity contribution in [3.8, 4) is 5.75 Å². The molecule has 3 amide bonds. The number of anilines is 1. The van der Waals surface area contributed by atoms with Crippen molar-refractivity contribution in [2.75, 3.05) is 44.8 Å². The van der Waals surface area contributed by atoms with E-state index in [1.165, 1.54) is 28.7 Å². The highest BCUT2D eigenvalue weighted by molar-refractivity contribution is 6.05. The van der Waals surface area contributed by atoms with Gasteiger partial charge in [0.15, 0.2) is 0 Å². The van der Waals surface area contributed by atoms with E-state index in [0.29, 0.717) is 19.4 Å².